The molecule has 1 heterocycles. The minimum Gasteiger partial charge on any atom is -0.497 e. The molecule has 3 aromatic carbocycles. The summed E-state index contributed by atoms with van der Waals surface area (Å²) in [4.78, 5) is 40.5. The predicted molar refractivity (Wildman–Crippen MR) is 152 cm³/mol. The van der Waals surface area contributed by atoms with Crippen molar-refractivity contribution >= 4 is 11.7 Å². The normalized spacial score (nSPS) is 13.4. The Balaban J connectivity index is 1.52. The Labute approximate surface area is 228 Å². The molecule has 39 heavy (non-hydrogen) atoms. The number of Topliss-reactive ketones (excluding diaryl/α,β-unsaturated/α-hetero) is 1. The van der Waals surface area contributed by atoms with Crippen molar-refractivity contribution in [3.05, 3.63) is 129 Å². The minimum atomic E-state index is -0.490. The second-order valence-electron chi connectivity index (χ2n) is 9.99. The van der Waals surface area contributed by atoms with Crippen molar-refractivity contribution < 1.29 is 14.3 Å². The Hall–Kier alpha value is -4.45. The van der Waals surface area contributed by atoms with Gasteiger partial charge in [0.15, 0.2) is 5.78 Å². The fourth-order valence-corrected chi connectivity index (χ4v) is 5.17. The van der Waals surface area contributed by atoms with Crippen LogP contribution in [0.3, 0.4) is 0 Å². The predicted octanol–water partition coefficient (Wildman–Crippen LogP) is 5.78. The molecule has 0 radical (unpaired) electrons. The summed E-state index contributed by atoms with van der Waals surface area (Å²) in [6, 6.07) is 26.4. The molecule has 4 aromatic rings. The zero-order valence-corrected chi connectivity index (χ0v) is 22.3. The van der Waals surface area contributed by atoms with Gasteiger partial charge in [0, 0.05) is 23.4 Å². The number of ether oxygens (including phenoxy) is 1. The molecule has 1 N–H and O–H groups in total. The van der Waals surface area contributed by atoms with Crippen molar-refractivity contribution in [1.29, 1.82) is 0 Å². The molecule has 5 rings (SSSR count). The van der Waals surface area contributed by atoms with E-state index in [1.165, 1.54) is 6.07 Å². The van der Waals surface area contributed by atoms with E-state index < -0.39 is 11.5 Å². The number of amides is 1. The highest BCUT2D eigenvalue weighted by molar-refractivity contribution is 6.02. The van der Waals surface area contributed by atoms with Crippen LogP contribution in [0.1, 0.15) is 68.4 Å². The molecule has 1 atom stereocenters. The summed E-state index contributed by atoms with van der Waals surface area (Å²) in [7, 11) is 1.61. The van der Waals surface area contributed by atoms with E-state index in [0.29, 0.717) is 42.6 Å². The first-order valence-corrected chi connectivity index (χ1v) is 13.3. The van der Waals surface area contributed by atoms with E-state index in [4.69, 9.17) is 4.74 Å². The second kappa shape index (κ2) is 11.5. The van der Waals surface area contributed by atoms with E-state index in [2.05, 4.69) is 17.4 Å². The van der Waals surface area contributed by atoms with Gasteiger partial charge in [-0.15, -0.1) is 0 Å². The van der Waals surface area contributed by atoms with Crippen molar-refractivity contribution in [2.24, 2.45) is 0 Å². The van der Waals surface area contributed by atoms with Gasteiger partial charge in [-0.25, -0.2) is 0 Å². The number of pyridine rings is 1. The highest BCUT2D eigenvalue weighted by Gasteiger charge is 2.27. The lowest BCUT2D eigenvalue weighted by Gasteiger charge is -2.23. The zero-order valence-electron chi connectivity index (χ0n) is 22.3. The standard InChI is InChI=1S/C33H32N2O4/c1-22-11-16-25(17-12-22)35-30-9-6-10-31(36)27(30)21-28(33(35)38)32(37)34-29(20-13-23-7-4-3-5-8-23)24-14-18-26(39-2)19-15-24/h3-5,7-8,11-12,14-19,21,29H,6,9-10,13,20H2,1-2H3,(H,34,37). The third-order valence-corrected chi connectivity index (χ3v) is 7.35. The SMILES string of the molecule is COc1ccc(C(CCc2ccccc2)NC(=O)c2cc3c(n(-c4ccc(C)cc4)c2=O)CCCC3=O)cc1. The summed E-state index contributed by atoms with van der Waals surface area (Å²) < 4.78 is 6.86. The maximum absolute atomic E-state index is 13.8. The number of hydrogen-bond acceptors (Lipinski definition) is 4. The lowest BCUT2D eigenvalue weighted by atomic mass is 9.92. The van der Waals surface area contributed by atoms with Crippen molar-refractivity contribution in [3.8, 4) is 11.4 Å². The van der Waals surface area contributed by atoms with Crippen LogP contribution < -0.4 is 15.6 Å². The van der Waals surface area contributed by atoms with E-state index in [1.807, 2.05) is 73.7 Å². The van der Waals surface area contributed by atoms with Crippen LogP contribution in [0.25, 0.3) is 5.69 Å². The molecule has 0 saturated carbocycles. The Morgan fingerprint density at radius 1 is 0.949 bits per heavy atom. The number of carbonyl (C=O) groups is 2. The first-order valence-electron chi connectivity index (χ1n) is 13.3. The maximum Gasteiger partial charge on any atom is 0.268 e. The van der Waals surface area contributed by atoms with Crippen LogP contribution in [-0.4, -0.2) is 23.4 Å². The van der Waals surface area contributed by atoms with Gasteiger partial charge in [-0.05, 0) is 74.1 Å². The second-order valence-corrected chi connectivity index (χ2v) is 9.99. The molecule has 1 aliphatic rings. The lowest BCUT2D eigenvalue weighted by molar-refractivity contribution is 0.0932. The lowest BCUT2D eigenvalue weighted by Crippen LogP contribution is -2.37. The average molecular weight is 521 g/mol. The van der Waals surface area contributed by atoms with E-state index >= 15 is 0 Å². The van der Waals surface area contributed by atoms with Crippen molar-refractivity contribution in [2.45, 2.75) is 45.1 Å². The van der Waals surface area contributed by atoms with Gasteiger partial charge in [-0.2, -0.15) is 0 Å². The summed E-state index contributed by atoms with van der Waals surface area (Å²) in [6.07, 6.45) is 3.08. The molecule has 1 aromatic heterocycles. The molecule has 1 amide bonds. The van der Waals surface area contributed by atoms with Crippen molar-refractivity contribution in [2.75, 3.05) is 7.11 Å². The quantitative estimate of drug-likeness (QED) is 0.320. The summed E-state index contributed by atoms with van der Waals surface area (Å²) in [5, 5.41) is 3.10. The Bertz CT molecular complexity index is 1540. The topological polar surface area (TPSA) is 77.4 Å². The van der Waals surface area contributed by atoms with E-state index in [1.54, 1.807) is 11.7 Å². The number of ketones is 1. The molecule has 0 saturated heterocycles. The number of methoxy groups -OCH3 is 1. The monoisotopic (exact) mass is 520 g/mol. The number of benzene rings is 3. The molecular weight excluding hydrogens is 488 g/mol. The number of carbonyl (C=O) groups excluding carboxylic acids is 2. The molecule has 0 spiro atoms. The molecule has 0 bridgehead atoms. The number of nitrogens with zero attached hydrogens (tertiary/aromatic N) is 1. The molecule has 6 nitrogen and oxygen atoms in total. The first kappa shape index (κ1) is 26.2. The van der Waals surface area contributed by atoms with Crippen molar-refractivity contribution in [1.82, 2.24) is 9.88 Å². The number of aryl methyl sites for hydroxylation is 2. The van der Waals surface area contributed by atoms with E-state index in [0.717, 1.165) is 28.9 Å². The largest absolute Gasteiger partial charge is 0.497 e. The Morgan fingerprint density at radius 3 is 2.36 bits per heavy atom. The zero-order chi connectivity index (χ0) is 27.4. The number of hydrogen-bond donors (Lipinski definition) is 1. The third kappa shape index (κ3) is 5.70. The smallest absolute Gasteiger partial charge is 0.268 e. The highest BCUT2D eigenvalue weighted by atomic mass is 16.5. The number of nitrogens with one attached hydrogen (secondary N) is 1. The van der Waals surface area contributed by atoms with Crippen LogP contribution in [0.5, 0.6) is 5.75 Å². The minimum absolute atomic E-state index is 0.0252. The van der Waals surface area contributed by atoms with Crippen LogP contribution in [0, 0.1) is 6.92 Å². The number of fused-ring (bicyclic) bond motifs is 1. The fraction of sp³-hybridized carbons (Fsp3) is 0.242. The van der Waals surface area contributed by atoms with Crippen LogP contribution in [0.15, 0.2) is 89.7 Å². The molecule has 1 unspecified atom stereocenters. The summed E-state index contributed by atoms with van der Waals surface area (Å²) in [6.45, 7) is 1.98. The van der Waals surface area contributed by atoms with E-state index in [-0.39, 0.29) is 17.4 Å². The average Bonchev–Trinajstić information content (AvgIpc) is 2.96. The van der Waals surface area contributed by atoms with Gasteiger partial charge >= 0.3 is 0 Å². The Kier molecular flexibility index (Phi) is 7.73. The maximum atomic E-state index is 13.8. The fourth-order valence-electron chi connectivity index (χ4n) is 5.17. The molecule has 0 fully saturated rings. The molecule has 1 aliphatic carbocycles. The van der Waals surface area contributed by atoms with Gasteiger partial charge < -0.3 is 10.1 Å². The van der Waals surface area contributed by atoms with Gasteiger partial charge in [-0.1, -0.05) is 60.2 Å². The number of aromatic nitrogens is 1. The van der Waals surface area contributed by atoms with E-state index in [9.17, 15) is 14.4 Å². The van der Waals surface area contributed by atoms with Crippen LogP contribution in [0.2, 0.25) is 0 Å². The summed E-state index contributed by atoms with van der Waals surface area (Å²) in [5.41, 5.74) is 4.47. The Morgan fingerprint density at radius 2 is 1.67 bits per heavy atom. The van der Waals surface area contributed by atoms with Crippen LogP contribution >= 0.6 is 0 Å². The number of rotatable bonds is 8. The van der Waals surface area contributed by atoms with Crippen LogP contribution in [0.4, 0.5) is 0 Å². The molecule has 6 heteroatoms. The van der Waals surface area contributed by atoms with Gasteiger partial charge in [0.05, 0.1) is 13.2 Å². The highest BCUT2D eigenvalue weighted by Crippen LogP contribution is 2.26. The third-order valence-electron chi connectivity index (χ3n) is 7.35. The summed E-state index contributed by atoms with van der Waals surface area (Å²) >= 11 is 0. The molecular formula is C33H32N2O4. The van der Waals surface area contributed by atoms with Crippen molar-refractivity contribution in [3.63, 3.8) is 0 Å². The molecule has 0 aliphatic heterocycles. The van der Waals surface area contributed by atoms with Gasteiger partial charge in [-0.3, -0.25) is 19.0 Å². The van der Waals surface area contributed by atoms with Gasteiger partial charge in [0.1, 0.15) is 11.3 Å². The van der Waals surface area contributed by atoms with Crippen LogP contribution in [-0.2, 0) is 12.8 Å². The van der Waals surface area contributed by atoms with Gasteiger partial charge in [0.25, 0.3) is 11.5 Å². The first-order chi connectivity index (χ1) is 18.9. The molecule has 198 valence electrons. The summed E-state index contributed by atoms with van der Waals surface area (Å²) in [5.74, 6) is 0.193. The van der Waals surface area contributed by atoms with Gasteiger partial charge in [0.2, 0.25) is 0 Å².